The topological polar surface area (TPSA) is 47.7 Å². The molecule has 0 saturated heterocycles. The second-order valence-electron chi connectivity index (χ2n) is 4.76. The molecule has 3 aromatic rings. The van der Waals surface area contributed by atoms with Gasteiger partial charge in [0, 0.05) is 37.5 Å². The molecule has 5 heteroatoms. The molecule has 0 fully saturated rings. The molecule has 2 aromatic heterocycles. The second-order valence-corrected chi connectivity index (χ2v) is 4.76. The molecule has 1 aromatic carbocycles. The van der Waals surface area contributed by atoms with Crippen LogP contribution >= 0.6 is 0 Å². The maximum Gasteiger partial charge on any atom is 0.130 e. The number of aryl methyl sites for hydroxylation is 1. The standard InChI is InChI=1S/C15H17N5/c1-12(15-16-9-11-19(15)2)18-13-4-6-14(7-5-13)20-10-3-8-17-20/h3-12,18H,1-2H3. The summed E-state index contributed by atoms with van der Waals surface area (Å²) < 4.78 is 3.86. The minimum Gasteiger partial charge on any atom is -0.375 e. The molecule has 2 heterocycles. The van der Waals surface area contributed by atoms with E-state index in [4.69, 9.17) is 0 Å². The third-order valence-electron chi connectivity index (χ3n) is 3.27. The van der Waals surface area contributed by atoms with Gasteiger partial charge in [0.05, 0.1) is 11.7 Å². The van der Waals surface area contributed by atoms with E-state index in [9.17, 15) is 0 Å². The number of imidazole rings is 1. The summed E-state index contributed by atoms with van der Waals surface area (Å²) in [6, 6.07) is 10.3. The van der Waals surface area contributed by atoms with Crippen LogP contribution in [0.2, 0.25) is 0 Å². The number of rotatable bonds is 4. The number of nitrogens with zero attached hydrogens (tertiary/aromatic N) is 4. The van der Waals surface area contributed by atoms with Crippen molar-refractivity contribution in [3.05, 3.63) is 60.9 Å². The zero-order valence-electron chi connectivity index (χ0n) is 11.6. The lowest BCUT2D eigenvalue weighted by Crippen LogP contribution is -2.11. The molecule has 0 aliphatic rings. The van der Waals surface area contributed by atoms with E-state index in [1.165, 1.54) is 0 Å². The minimum atomic E-state index is 0.158. The Kier molecular flexibility index (Phi) is 3.25. The predicted molar refractivity (Wildman–Crippen MR) is 78.8 cm³/mol. The molecule has 1 unspecified atom stereocenters. The molecule has 1 atom stereocenters. The summed E-state index contributed by atoms with van der Waals surface area (Å²) in [6.45, 7) is 2.10. The monoisotopic (exact) mass is 267 g/mol. The predicted octanol–water partition coefficient (Wildman–Crippen LogP) is 2.78. The van der Waals surface area contributed by atoms with E-state index >= 15 is 0 Å². The molecule has 0 aliphatic carbocycles. The van der Waals surface area contributed by atoms with Crippen LogP contribution in [0.25, 0.3) is 5.69 Å². The summed E-state index contributed by atoms with van der Waals surface area (Å²) in [7, 11) is 2.00. The van der Waals surface area contributed by atoms with Gasteiger partial charge in [0.25, 0.3) is 0 Å². The van der Waals surface area contributed by atoms with Gasteiger partial charge >= 0.3 is 0 Å². The molecule has 102 valence electrons. The maximum atomic E-state index is 4.36. The maximum absolute atomic E-state index is 4.36. The van der Waals surface area contributed by atoms with E-state index in [1.807, 2.05) is 53.1 Å². The first-order chi connectivity index (χ1) is 9.74. The highest BCUT2D eigenvalue weighted by Gasteiger charge is 2.09. The highest BCUT2D eigenvalue weighted by atomic mass is 15.3. The minimum absolute atomic E-state index is 0.158. The zero-order valence-corrected chi connectivity index (χ0v) is 11.6. The number of benzene rings is 1. The van der Waals surface area contributed by atoms with Crippen LogP contribution < -0.4 is 5.32 Å². The van der Waals surface area contributed by atoms with Crippen molar-refractivity contribution in [2.75, 3.05) is 5.32 Å². The number of anilines is 1. The first-order valence-electron chi connectivity index (χ1n) is 6.58. The van der Waals surface area contributed by atoms with Crippen LogP contribution in [0.1, 0.15) is 18.8 Å². The van der Waals surface area contributed by atoms with Gasteiger partial charge in [-0.25, -0.2) is 9.67 Å². The molecule has 1 N–H and O–H groups in total. The summed E-state index contributed by atoms with van der Waals surface area (Å²) in [5, 5.41) is 7.66. The van der Waals surface area contributed by atoms with Crippen LogP contribution in [-0.2, 0) is 7.05 Å². The second kappa shape index (κ2) is 5.21. The third kappa shape index (κ3) is 2.42. The largest absolute Gasteiger partial charge is 0.375 e. The fourth-order valence-corrected chi connectivity index (χ4v) is 2.24. The number of aromatic nitrogens is 4. The van der Waals surface area contributed by atoms with Crippen LogP contribution in [0.4, 0.5) is 5.69 Å². The smallest absolute Gasteiger partial charge is 0.130 e. The lowest BCUT2D eigenvalue weighted by atomic mass is 10.2. The van der Waals surface area contributed by atoms with Gasteiger partial charge in [-0.1, -0.05) is 0 Å². The van der Waals surface area contributed by atoms with Crippen molar-refractivity contribution in [1.29, 1.82) is 0 Å². The first kappa shape index (κ1) is 12.5. The van der Waals surface area contributed by atoms with Crippen LogP contribution in [0.3, 0.4) is 0 Å². The Morgan fingerprint density at radius 2 is 1.90 bits per heavy atom. The van der Waals surface area contributed by atoms with Gasteiger partial charge in [-0.05, 0) is 37.3 Å². The molecule has 3 rings (SSSR count). The van der Waals surface area contributed by atoms with Crippen molar-refractivity contribution in [2.24, 2.45) is 7.05 Å². The Morgan fingerprint density at radius 1 is 1.10 bits per heavy atom. The number of hydrogen-bond acceptors (Lipinski definition) is 3. The lowest BCUT2D eigenvalue weighted by Gasteiger charge is -2.15. The average Bonchev–Trinajstić information content (AvgIpc) is 3.10. The number of nitrogens with one attached hydrogen (secondary N) is 1. The molecule has 0 radical (unpaired) electrons. The molecular weight excluding hydrogens is 250 g/mol. The van der Waals surface area contributed by atoms with Crippen molar-refractivity contribution < 1.29 is 0 Å². The molecule has 0 aliphatic heterocycles. The van der Waals surface area contributed by atoms with E-state index in [-0.39, 0.29) is 6.04 Å². The fraction of sp³-hybridized carbons (Fsp3) is 0.200. The van der Waals surface area contributed by atoms with Crippen LogP contribution in [0, 0.1) is 0 Å². The van der Waals surface area contributed by atoms with Crippen LogP contribution in [0.5, 0.6) is 0 Å². The Hall–Kier alpha value is -2.56. The van der Waals surface area contributed by atoms with Crippen LogP contribution in [0.15, 0.2) is 55.1 Å². The van der Waals surface area contributed by atoms with Gasteiger partial charge in [-0.15, -0.1) is 0 Å². The van der Waals surface area contributed by atoms with Gasteiger partial charge < -0.3 is 9.88 Å². The normalized spacial score (nSPS) is 12.3. The molecular formula is C15H17N5. The van der Waals surface area contributed by atoms with Gasteiger partial charge in [0.15, 0.2) is 0 Å². The summed E-state index contributed by atoms with van der Waals surface area (Å²) in [5.41, 5.74) is 2.11. The Bertz CT molecular complexity index is 667. The molecule has 0 saturated carbocycles. The van der Waals surface area contributed by atoms with Crippen molar-refractivity contribution in [3.8, 4) is 5.69 Å². The van der Waals surface area contributed by atoms with Gasteiger partial charge in [-0.3, -0.25) is 0 Å². The fourth-order valence-electron chi connectivity index (χ4n) is 2.24. The van der Waals surface area contributed by atoms with E-state index in [2.05, 4.69) is 34.5 Å². The van der Waals surface area contributed by atoms with Gasteiger partial charge in [0.2, 0.25) is 0 Å². The Labute approximate surface area is 117 Å². The summed E-state index contributed by atoms with van der Waals surface area (Å²) in [5.74, 6) is 1.01. The zero-order chi connectivity index (χ0) is 13.9. The van der Waals surface area contributed by atoms with Gasteiger partial charge in [0.1, 0.15) is 5.82 Å². The highest BCUT2D eigenvalue weighted by molar-refractivity contribution is 5.49. The first-order valence-corrected chi connectivity index (χ1v) is 6.58. The Balaban J connectivity index is 1.74. The van der Waals surface area contributed by atoms with Crippen LogP contribution in [-0.4, -0.2) is 19.3 Å². The SMILES string of the molecule is CC(Nc1ccc(-n2cccn2)cc1)c1nccn1C. The van der Waals surface area contributed by atoms with Crippen molar-refractivity contribution in [2.45, 2.75) is 13.0 Å². The van der Waals surface area contributed by atoms with Crippen molar-refractivity contribution in [1.82, 2.24) is 19.3 Å². The highest BCUT2D eigenvalue weighted by Crippen LogP contribution is 2.19. The van der Waals surface area contributed by atoms with Crippen molar-refractivity contribution in [3.63, 3.8) is 0 Å². The molecule has 0 spiro atoms. The average molecular weight is 267 g/mol. The lowest BCUT2D eigenvalue weighted by molar-refractivity contribution is 0.721. The van der Waals surface area contributed by atoms with E-state index in [0.29, 0.717) is 0 Å². The van der Waals surface area contributed by atoms with E-state index < -0.39 is 0 Å². The van der Waals surface area contributed by atoms with E-state index in [0.717, 1.165) is 17.2 Å². The number of hydrogen-bond donors (Lipinski definition) is 1. The summed E-state index contributed by atoms with van der Waals surface area (Å²) in [4.78, 5) is 4.36. The third-order valence-corrected chi connectivity index (χ3v) is 3.27. The molecule has 0 amide bonds. The molecule has 20 heavy (non-hydrogen) atoms. The van der Waals surface area contributed by atoms with Crippen molar-refractivity contribution >= 4 is 5.69 Å². The Morgan fingerprint density at radius 3 is 2.50 bits per heavy atom. The van der Waals surface area contributed by atoms with Gasteiger partial charge in [-0.2, -0.15) is 5.10 Å². The molecule has 0 bridgehead atoms. The summed E-state index contributed by atoms with van der Waals surface area (Å²) >= 11 is 0. The summed E-state index contributed by atoms with van der Waals surface area (Å²) in [6.07, 6.45) is 7.47. The quantitative estimate of drug-likeness (QED) is 0.790. The molecule has 5 nitrogen and oxygen atoms in total. The van der Waals surface area contributed by atoms with E-state index in [1.54, 1.807) is 6.20 Å².